The van der Waals surface area contributed by atoms with Crippen molar-refractivity contribution in [2.75, 3.05) is 19.1 Å². The number of carbonyl (C=O) groups excluding carboxylic acids is 1. The van der Waals surface area contributed by atoms with Crippen LogP contribution in [0.3, 0.4) is 0 Å². The Balaban J connectivity index is 1.80. The average Bonchev–Trinajstić information content (AvgIpc) is 2.50. The predicted molar refractivity (Wildman–Crippen MR) is 81.8 cm³/mol. The van der Waals surface area contributed by atoms with Gasteiger partial charge in [-0.3, -0.25) is 15.6 Å². The Hall–Kier alpha value is -2.83. The third kappa shape index (κ3) is 4.62. The highest BCUT2D eigenvalue weighted by atomic mass is 16.5. The molecule has 0 fully saturated rings. The summed E-state index contributed by atoms with van der Waals surface area (Å²) in [5.41, 5.74) is 6.78. The molecule has 116 valence electrons. The summed E-state index contributed by atoms with van der Waals surface area (Å²) < 4.78 is 10.4. The third-order valence-corrected chi connectivity index (χ3v) is 2.73. The van der Waals surface area contributed by atoms with E-state index in [-0.39, 0.29) is 12.5 Å². The van der Waals surface area contributed by atoms with Crippen molar-refractivity contribution in [1.29, 1.82) is 0 Å². The van der Waals surface area contributed by atoms with Crippen LogP contribution in [-0.2, 0) is 4.79 Å². The van der Waals surface area contributed by atoms with Crippen LogP contribution in [0.15, 0.2) is 30.3 Å². The summed E-state index contributed by atoms with van der Waals surface area (Å²) in [6.07, 6.45) is 0. The van der Waals surface area contributed by atoms with E-state index in [1.165, 1.54) is 0 Å². The molecule has 0 atom stereocenters. The molecular formula is C15H18N4O3. The van der Waals surface area contributed by atoms with Gasteiger partial charge in [0.1, 0.15) is 11.5 Å². The predicted octanol–water partition coefficient (Wildman–Crippen LogP) is 1.62. The maximum Gasteiger partial charge on any atom is 0.276 e. The van der Waals surface area contributed by atoms with E-state index in [1.807, 2.05) is 19.9 Å². The van der Waals surface area contributed by atoms with Crippen LogP contribution in [0.25, 0.3) is 0 Å². The highest BCUT2D eigenvalue weighted by Crippen LogP contribution is 2.16. The van der Waals surface area contributed by atoms with E-state index < -0.39 is 0 Å². The summed E-state index contributed by atoms with van der Waals surface area (Å²) in [4.78, 5) is 20.0. The van der Waals surface area contributed by atoms with Crippen molar-refractivity contribution in [3.63, 3.8) is 0 Å². The molecule has 0 radical (unpaired) electrons. The van der Waals surface area contributed by atoms with Gasteiger partial charge in [-0.1, -0.05) is 0 Å². The molecule has 2 rings (SSSR count). The van der Waals surface area contributed by atoms with Crippen molar-refractivity contribution >= 4 is 11.9 Å². The number of aryl methyl sites for hydroxylation is 2. The molecule has 0 bridgehead atoms. The van der Waals surface area contributed by atoms with Gasteiger partial charge in [-0.2, -0.15) is 0 Å². The van der Waals surface area contributed by atoms with Crippen molar-refractivity contribution in [1.82, 2.24) is 15.4 Å². The number of benzene rings is 1. The number of rotatable bonds is 6. The van der Waals surface area contributed by atoms with Crippen LogP contribution in [-0.4, -0.2) is 29.6 Å². The van der Waals surface area contributed by atoms with Gasteiger partial charge in [-0.25, -0.2) is 9.97 Å². The molecule has 2 N–H and O–H groups in total. The molecule has 0 spiro atoms. The third-order valence-electron chi connectivity index (χ3n) is 2.73. The van der Waals surface area contributed by atoms with Gasteiger partial charge in [0.05, 0.1) is 7.11 Å². The van der Waals surface area contributed by atoms with Gasteiger partial charge < -0.3 is 9.47 Å². The van der Waals surface area contributed by atoms with E-state index in [4.69, 9.17) is 9.47 Å². The van der Waals surface area contributed by atoms with E-state index >= 15 is 0 Å². The van der Waals surface area contributed by atoms with Crippen LogP contribution in [0, 0.1) is 13.8 Å². The molecule has 1 heterocycles. The van der Waals surface area contributed by atoms with Gasteiger partial charge in [0.15, 0.2) is 6.61 Å². The second-order valence-corrected chi connectivity index (χ2v) is 4.61. The van der Waals surface area contributed by atoms with Crippen LogP contribution in [0.1, 0.15) is 11.4 Å². The van der Waals surface area contributed by atoms with Crippen LogP contribution in [0.4, 0.5) is 5.95 Å². The molecule has 22 heavy (non-hydrogen) atoms. The molecule has 0 aliphatic heterocycles. The smallest absolute Gasteiger partial charge is 0.276 e. The highest BCUT2D eigenvalue weighted by molar-refractivity contribution is 5.78. The number of ether oxygens (including phenoxy) is 2. The van der Waals surface area contributed by atoms with Crippen LogP contribution in [0.5, 0.6) is 11.5 Å². The fraction of sp³-hybridized carbons (Fsp3) is 0.267. The number of hydrogen-bond acceptors (Lipinski definition) is 6. The van der Waals surface area contributed by atoms with Gasteiger partial charge in [-0.15, -0.1) is 0 Å². The fourth-order valence-electron chi connectivity index (χ4n) is 1.76. The molecule has 0 aliphatic rings. The number of anilines is 1. The Morgan fingerprint density at radius 1 is 1.09 bits per heavy atom. The first-order valence-corrected chi connectivity index (χ1v) is 6.71. The number of carbonyl (C=O) groups is 1. The zero-order valence-electron chi connectivity index (χ0n) is 12.7. The van der Waals surface area contributed by atoms with Crippen molar-refractivity contribution in [3.8, 4) is 11.5 Å². The van der Waals surface area contributed by atoms with Gasteiger partial charge in [-0.05, 0) is 44.2 Å². The van der Waals surface area contributed by atoms with E-state index in [2.05, 4.69) is 20.8 Å². The first kappa shape index (κ1) is 15.6. The molecule has 2 aromatic rings. The SMILES string of the molecule is COc1ccc(OCC(=O)NNc2nc(C)cc(C)n2)cc1. The van der Waals surface area contributed by atoms with E-state index in [9.17, 15) is 4.79 Å². The second kappa shape index (κ2) is 7.26. The largest absolute Gasteiger partial charge is 0.497 e. The molecule has 0 unspecified atom stereocenters. The lowest BCUT2D eigenvalue weighted by atomic mass is 10.3. The molecule has 1 aromatic heterocycles. The van der Waals surface area contributed by atoms with Crippen molar-refractivity contribution in [2.24, 2.45) is 0 Å². The Kier molecular flexibility index (Phi) is 5.13. The zero-order valence-corrected chi connectivity index (χ0v) is 12.7. The van der Waals surface area contributed by atoms with Crippen molar-refractivity contribution in [3.05, 3.63) is 41.7 Å². The number of hydrazine groups is 1. The minimum atomic E-state index is -0.335. The lowest BCUT2D eigenvalue weighted by Crippen LogP contribution is -2.34. The first-order chi connectivity index (χ1) is 10.6. The summed E-state index contributed by atoms with van der Waals surface area (Å²) in [6.45, 7) is 3.59. The molecular weight excluding hydrogens is 284 g/mol. The molecule has 7 heteroatoms. The fourth-order valence-corrected chi connectivity index (χ4v) is 1.76. The van der Waals surface area contributed by atoms with E-state index in [1.54, 1.807) is 31.4 Å². The van der Waals surface area contributed by atoms with Gasteiger partial charge in [0, 0.05) is 11.4 Å². The summed E-state index contributed by atoms with van der Waals surface area (Å²) in [6, 6.07) is 8.82. The van der Waals surface area contributed by atoms with Gasteiger partial charge in [0.2, 0.25) is 5.95 Å². The molecule has 1 amide bonds. The molecule has 0 saturated heterocycles. The lowest BCUT2D eigenvalue weighted by Gasteiger charge is -2.09. The second-order valence-electron chi connectivity index (χ2n) is 4.61. The monoisotopic (exact) mass is 302 g/mol. The normalized spacial score (nSPS) is 9.95. The topological polar surface area (TPSA) is 85.4 Å². The zero-order chi connectivity index (χ0) is 15.9. The molecule has 0 saturated carbocycles. The van der Waals surface area contributed by atoms with E-state index in [0.29, 0.717) is 11.7 Å². The molecule has 0 aliphatic carbocycles. The average molecular weight is 302 g/mol. The highest BCUT2D eigenvalue weighted by Gasteiger charge is 2.04. The number of amides is 1. The number of nitrogens with one attached hydrogen (secondary N) is 2. The summed E-state index contributed by atoms with van der Waals surface area (Å²) in [7, 11) is 1.59. The first-order valence-electron chi connectivity index (χ1n) is 6.71. The molecule has 1 aromatic carbocycles. The number of aromatic nitrogens is 2. The minimum Gasteiger partial charge on any atom is -0.497 e. The number of methoxy groups -OCH3 is 1. The van der Waals surface area contributed by atoms with Crippen molar-refractivity contribution < 1.29 is 14.3 Å². The van der Waals surface area contributed by atoms with Crippen LogP contribution >= 0.6 is 0 Å². The Morgan fingerprint density at radius 2 is 1.68 bits per heavy atom. The maximum atomic E-state index is 11.7. The number of hydrogen-bond donors (Lipinski definition) is 2. The summed E-state index contributed by atoms with van der Waals surface area (Å²) in [5.74, 6) is 1.32. The summed E-state index contributed by atoms with van der Waals surface area (Å²) >= 11 is 0. The standard InChI is InChI=1S/C15H18N4O3/c1-10-8-11(2)17-15(16-10)19-18-14(20)9-22-13-6-4-12(21-3)5-7-13/h4-8H,9H2,1-3H3,(H,18,20)(H,16,17,19). The molecule has 7 nitrogen and oxygen atoms in total. The Bertz CT molecular complexity index is 623. The lowest BCUT2D eigenvalue weighted by molar-refractivity contribution is -0.122. The van der Waals surface area contributed by atoms with Gasteiger partial charge in [0.25, 0.3) is 5.91 Å². The van der Waals surface area contributed by atoms with Crippen LogP contribution < -0.4 is 20.3 Å². The maximum absolute atomic E-state index is 11.7. The van der Waals surface area contributed by atoms with Crippen LogP contribution in [0.2, 0.25) is 0 Å². The quantitative estimate of drug-likeness (QED) is 0.789. The van der Waals surface area contributed by atoms with Gasteiger partial charge >= 0.3 is 0 Å². The summed E-state index contributed by atoms with van der Waals surface area (Å²) in [5, 5.41) is 0. The van der Waals surface area contributed by atoms with Crippen molar-refractivity contribution in [2.45, 2.75) is 13.8 Å². The number of nitrogens with zero attached hydrogens (tertiary/aromatic N) is 2. The van der Waals surface area contributed by atoms with E-state index in [0.717, 1.165) is 17.1 Å². The minimum absolute atomic E-state index is 0.121. The Labute approximate surface area is 128 Å². The Morgan fingerprint density at radius 3 is 2.27 bits per heavy atom.